The average molecular weight is 122 g/mol. The van der Waals surface area contributed by atoms with Crippen LogP contribution in [0.15, 0.2) is 36.7 Å². The smallest absolute Gasteiger partial charge is 0.0872 e. The topological polar surface area (TPSA) is 0 Å². The molecule has 1 rings (SSSR count). The Kier molecular flexibility index (Phi) is 2.02. The monoisotopic (exact) mass is 122 g/mol. The predicted octanol–water partition coefficient (Wildman–Crippen LogP) is 2.63. The maximum absolute atomic E-state index is 11.5. The first kappa shape index (κ1) is 6.02. The fourth-order valence-corrected chi connectivity index (χ4v) is 0.637. The van der Waals surface area contributed by atoms with Crippen LogP contribution in [0.1, 0.15) is 5.56 Å². The van der Waals surface area contributed by atoms with E-state index in [-0.39, 0.29) is 0 Å². The average Bonchev–Trinajstić information content (AvgIpc) is 1.91. The van der Waals surface area contributed by atoms with E-state index in [0.717, 1.165) is 5.56 Å². The molecule has 0 radical (unpaired) electrons. The molecule has 0 spiro atoms. The number of halogens is 1. The summed E-state index contributed by atoms with van der Waals surface area (Å²) in [5.41, 5.74) is 0.889. The standard InChI is InChI=1S/C8H7F/c9-7-6-8-4-2-1-3-5-8/h1-7H/b7-6+. The third kappa shape index (κ3) is 1.68. The van der Waals surface area contributed by atoms with Crippen molar-refractivity contribution in [3.8, 4) is 0 Å². The Balaban J connectivity index is 2.85. The number of hydrogen-bond acceptors (Lipinski definition) is 0. The van der Waals surface area contributed by atoms with Gasteiger partial charge in [0, 0.05) is 0 Å². The third-order valence-corrected chi connectivity index (χ3v) is 1.06. The van der Waals surface area contributed by atoms with Gasteiger partial charge in [0.1, 0.15) is 0 Å². The second kappa shape index (κ2) is 3.02. The molecule has 0 saturated carbocycles. The fourth-order valence-electron chi connectivity index (χ4n) is 0.637. The van der Waals surface area contributed by atoms with E-state index in [1.54, 1.807) is 0 Å². The van der Waals surface area contributed by atoms with Crippen molar-refractivity contribution < 1.29 is 4.39 Å². The molecule has 0 atom stereocenters. The molecule has 0 aromatic heterocycles. The Labute approximate surface area is 53.6 Å². The zero-order valence-corrected chi connectivity index (χ0v) is 4.92. The van der Waals surface area contributed by atoms with Gasteiger partial charge >= 0.3 is 0 Å². The highest BCUT2D eigenvalue weighted by Crippen LogP contribution is 1.99. The minimum absolute atomic E-state index is 0.537. The summed E-state index contributed by atoms with van der Waals surface area (Å²) in [4.78, 5) is 0. The first-order valence-electron chi connectivity index (χ1n) is 2.75. The highest BCUT2D eigenvalue weighted by Gasteiger charge is 1.78. The first-order valence-corrected chi connectivity index (χ1v) is 2.75. The van der Waals surface area contributed by atoms with Crippen LogP contribution in [0.25, 0.3) is 6.08 Å². The quantitative estimate of drug-likeness (QED) is 0.537. The third-order valence-electron chi connectivity index (χ3n) is 1.06. The summed E-state index contributed by atoms with van der Waals surface area (Å²) in [5, 5.41) is 0. The second-order valence-electron chi connectivity index (χ2n) is 1.70. The Morgan fingerprint density at radius 3 is 2.33 bits per heavy atom. The number of hydrogen-bond donors (Lipinski definition) is 0. The lowest BCUT2D eigenvalue weighted by atomic mass is 10.2. The molecule has 1 heteroatoms. The van der Waals surface area contributed by atoms with Gasteiger partial charge in [0.15, 0.2) is 0 Å². The molecule has 1 aromatic carbocycles. The van der Waals surface area contributed by atoms with Gasteiger partial charge in [-0.1, -0.05) is 30.3 Å². The van der Waals surface area contributed by atoms with Crippen molar-refractivity contribution in [1.29, 1.82) is 0 Å². The van der Waals surface area contributed by atoms with E-state index in [2.05, 4.69) is 0 Å². The predicted molar refractivity (Wildman–Crippen MR) is 36.6 cm³/mol. The zero-order chi connectivity index (χ0) is 6.53. The summed E-state index contributed by atoms with van der Waals surface area (Å²) in [7, 11) is 0. The van der Waals surface area contributed by atoms with Gasteiger partial charge in [0.25, 0.3) is 0 Å². The van der Waals surface area contributed by atoms with Gasteiger partial charge in [-0.25, -0.2) is 4.39 Å². The molecule has 0 heterocycles. The summed E-state index contributed by atoms with van der Waals surface area (Å²) in [6.45, 7) is 0. The van der Waals surface area contributed by atoms with Crippen LogP contribution in [-0.2, 0) is 0 Å². The largest absolute Gasteiger partial charge is 0.216 e. The molecular formula is C8H7F. The molecular weight excluding hydrogens is 115 g/mol. The molecule has 0 N–H and O–H groups in total. The molecule has 9 heavy (non-hydrogen) atoms. The van der Waals surface area contributed by atoms with Gasteiger partial charge in [-0.05, 0) is 11.6 Å². The maximum Gasteiger partial charge on any atom is 0.0872 e. The zero-order valence-electron chi connectivity index (χ0n) is 4.92. The number of benzene rings is 1. The van der Waals surface area contributed by atoms with Gasteiger partial charge in [-0.3, -0.25) is 0 Å². The Bertz CT molecular complexity index is 189. The molecule has 0 nitrogen and oxygen atoms in total. The SMILES string of the molecule is F/C=C/c1ccccc1. The summed E-state index contributed by atoms with van der Waals surface area (Å²) in [6.07, 6.45) is 1.95. The molecule has 0 bridgehead atoms. The van der Waals surface area contributed by atoms with E-state index in [0.29, 0.717) is 6.33 Å². The van der Waals surface area contributed by atoms with Gasteiger partial charge < -0.3 is 0 Å². The second-order valence-corrected chi connectivity index (χ2v) is 1.70. The van der Waals surface area contributed by atoms with Crippen LogP contribution in [0.5, 0.6) is 0 Å². The summed E-state index contributed by atoms with van der Waals surface area (Å²) in [6, 6.07) is 9.33. The van der Waals surface area contributed by atoms with Crippen molar-refractivity contribution in [2.75, 3.05) is 0 Å². The molecule has 0 fully saturated rings. The van der Waals surface area contributed by atoms with Crippen molar-refractivity contribution in [3.63, 3.8) is 0 Å². The molecule has 0 aliphatic rings. The Morgan fingerprint density at radius 2 is 1.78 bits per heavy atom. The van der Waals surface area contributed by atoms with E-state index in [4.69, 9.17) is 0 Å². The highest BCUT2D eigenvalue weighted by atomic mass is 19.1. The van der Waals surface area contributed by atoms with Crippen LogP contribution in [0, 0.1) is 0 Å². The van der Waals surface area contributed by atoms with Crippen molar-refractivity contribution in [1.82, 2.24) is 0 Å². The van der Waals surface area contributed by atoms with E-state index in [1.165, 1.54) is 6.08 Å². The molecule has 46 valence electrons. The van der Waals surface area contributed by atoms with Crippen molar-refractivity contribution in [2.45, 2.75) is 0 Å². The van der Waals surface area contributed by atoms with E-state index >= 15 is 0 Å². The van der Waals surface area contributed by atoms with Gasteiger partial charge in [0.2, 0.25) is 0 Å². The van der Waals surface area contributed by atoms with Crippen LogP contribution in [0.3, 0.4) is 0 Å². The lowest BCUT2D eigenvalue weighted by Gasteiger charge is -1.85. The summed E-state index contributed by atoms with van der Waals surface area (Å²) < 4.78 is 11.5. The lowest BCUT2D eigenvalue weighted by molar-refractivity contribution is 0.727. The summed E-state index contributed by atoms with van der Waals surface area (Å²) in [5.74, 6) is 0. The molecule has 0 saturated heterocycles. The van der Waals surface area contributed by atoms with Crippen LogP contribution in [-0.4, -0.2) is 0 Å². The van der Waals surface area contributed by atoms with E-state index in [9.17, 15) is 4.39 Å². The molecule has 1 aromatic rings. The maximum atomic E-state index is 11.5. The van der Waals surface area contributed by atoms with Crippen LogP contribution in [0.2, 0.25) is 0 Å². The Hall–Kier alpha value is -1.11. The fraction of sp³-hybridized carbons (Fsp3) is 0. The van der Waals surface area contributed by atoms with Crippen LogP contribution in [0.4, 0.5) is 4.39 Å². The molecule has 0 aliphatic heterocycles. The van der Waals surface area contributed by atoms with Crippen molar-refractivity contribution in [2.24, 2.45) is 0 Å². The first-order chi connectivity index (χ1) is 4.43. The molecule has 0 aliphatic carbocycles. The summed E-state index contributed by atoms with van der Waals surface area (Å²) >= 11 is 0. The Morgan fingerprint density at radius 1 is 1.11 bits per heavy atom. The van der Waals surface area contributed by atoms with E-state index in [1.807, 2.05) is 30.3 Å². The minimum atomic E-state index is 0.537. The van der Waals surface area contributed by atoms with Crippen molar-refractivity contribution in [3.05, 3.63) is 42.2 Å². The molecule has 0 unspecified atom stereocenters. The van der Waals surface area contributed by atoms with Crippen molar-refractivity contribution >= 4 is 6.08 Å². The van der Waals surface area contributed by atoms with Crippen LogP contribution >= 0.6 is 0 Å². The number of rotatable bonds is 1. The minimum Gasteiger partial charge on any atom is -0.216 e. The van der Waals surface area contributed by atoms with Crippen LogP contribution < -0.4 is 0 Å². The van der Waals surface area contributed by atoms with E-state index < -0.39 is 0 Å². The van der Waals surface area contributed by atoms with Gasteiger partial charge in [-0.15, -0.1) is 0 Å². The van der Waals surface area contributed by atoms with Gasteiger partial charge in [0.05, 0.1) is 6.33 Å². The normalized spacial score (nSPS) is 10.3. The van der Waals surface area contributed by atoms with Gasteiger partial charge in [-0.2, -0.15) is 0 Å². The lowest BCUT2D eigenvalue weighted by Crippen LogP contribution is -1.65. The highest BCUT2D eigenvalue weighted by molar-refractivity contribution is 5.47. The molecule has 0 amide bonds.